The molecule has 0 bridgehead atoms. The lowest BCUT2D eigenvalue weighted by atomic mass is 9.54. The summed E-state index contributed by atoms with van der Waals surface area (Å²) in [5, 5.41) is 3.92. The summed E-state index contributed by atoms with van der Waals surface area (Å²) in [6.07, 6.45) is 8.42. The van der Waals surface area contributed by atoms with Gasteiger partial charge in [-0.25, -0.2) is 0 Å². The fourth-order valence-electron chi connectivity index (χ4n) is 6.31. The molecule has 0 aromatic rings. The maximum Gasteiger partial charge on any atom is 0.193 e. The molecule has 2 aliphatic heterocycles. The molecule has 2 aliphatic carbocycles. The molecule has 2 saturated carbocycles. The zero-order valence-corrected chi connectivity index (χ0v) is 19.1. The van der Waals surface area contributed by atoms with Crippen LogP contribution in [-0.2, 0) is 4.74 Å². The lowest BCUT2D eigenvalue weighted by Crippen LogP contribution is -2.69. The predicted molar refractivity (Wildman–Crippen MR) is 117 cm³/mol. The van der Waals surface area contributed by atoms with E-state index < -0.39 is 0 Å². The van der Waals surface area contributed by atoms with Gasteiger partial charge < -0.3 is 15.0 Å². The maximum atomic E-state index is 6.14. The minimum Gasteiger partial charge on any atom is -0.377 e. The summed E-state index contributed by atoms with van der Waals surface area (Å²) >= 11 is 0. The van der Waals surface area contributed by atoms with E-state index >= 15 is 0 Å². The lowest BCUT2D eigenvalue weighted by Gasteiger charge is -2.57. The molecule has 4 atom stereocenters. The Morgan fingerprint density at radius 2 is 1.96 bits per heavy atom. The van der Waals surface area contributed by atoms with Gasteiger partial charge in [-0.3, -0.25) is 9.89 Å². The van der Waals surface area contributed by atoms with Crippen LogP contribution in [0, 0.1) is 11.3 Å². The van der Waals surface area contributed by atoms with E-state index in [1.54, 1.807) is 0 Å². The average Bonchev–Trinajstić information content (AvgIpc) is 3.36. The standard InChI is InChI=1S/C20H36N4O.HI/c1-4-23(5-2)15-8-12-24(14-15)19(21-3)22-17-16-9-13-25-18(16)20(17)10-6-7-11-20;/h15-18H,4-14H2,1-3H3,(H,21,22);1H. The Hall–Kier alpha value is -0.0800. The van der Waals surface area contributed by atoms with Gasteiger partial charge in [-0.1, -0.05) is 26.7 Å². The molecule has 4 unspecified atom stereocenters. The number of guanidine groups is 1. The summed E-state index contributed by atoms with van der Waals surface area (Å²) < 4.78 is 6.14. The van der Waals surface area contributed by atoms with Crippen molar-refractivity contribution in [1.29, 1.82) is 0 Å². The molecular weight excluding hydrogens is 439 g/mol. The van der Waals surface area contributed by atoms with Crippen molar-refractivity contribution < 1.29 is 4.74 Å². The SMILES string of the molecule is CCN(CC)C1CCN(C(=NC)NC2C3CCOC3C23CCCC3)C1.I. The highest BCUT2D eigenvalue weighted by Gasteiger charge is 2.65. The van der Waals surface area contributed by atoms with Gasteiger partial charge in [0.1, 0.15) is 0 Å². The second kappa shape index (κ2) is 8.52. The van der Waals surface area contributed by atoms with E-state index in [-0.39, 0.29) is 24.0 Å². The van der Waals surface area contributed by atoms with Crippen molar-refractivity contribution in [3.05, 3.63) is 0 Å². The Bertz CT molecular complexity index is 504. The molecule has 2 heterocycles. The van der Waals surface area contributed by atoms with Gasteiger partial charge in [0.15, 0.2) is 5.96 Å². The van der Waals surface area contributed by atoms with Crippen LogP contribution in [-0.4, -0.2) is 73.8 Å². The number of ether oxygens (including phenoxy) is 1. The molecule has 4 fully saturated rings. The summed E-state index contributed by atoms with van der Waals surface area (Å²) in [5.74, 6) is 1.84. The largest absolute Gasteiger partial charge is 0.377 e. The summed E-state index contributed by atoms with van der Waals surface area (Å²) in [4.78, 5) is 9.77. The molecule has 6 heteroatoms. The molecule has 150 valence electrons. The van der Waals surface area contributed by atoms with Crippen LogP contribution in [0.2, 0.25) is 0 Å². The first-order valence-electron chi connectivity index (χ1n) is 10.6. The number of halogens is 1. The highest BCUT2D eigenvalue weighted by Crippen LogP contribution is 2.60. The maximum absolute atomic E-state index is 6.14. The molecule has 0 radical (unpaired) electrons. The zero-order chi connectivity index (χ0) is 17.4. The molecule has 2 saturated heterocycles. The molecule has 1 N–H and O–H groups in total. The van der Waals surface area contributed by atoms with Crippen LogP contribution >= 0.6 is 24.0 Å². The Morgan fingerprint density at radius 1 is 1.23 bits per heavy atom. The number of likely N-dealkylation sites (tertiary alicyclic amines) is 1. The molecule has 0 amide bonds. The second-order valence-corrected chi connectivity index (χ2v) is 8.46. The van der Waals surface area contributed by atoms with Crippen molar-refractivity contribution in [3.8, 4) is 0 Å². The van der Waals surface area contributed by atoms with Gasteiger partial charge in [-0.15, -0.1) is 24.0 Å². The Kier molecular flexibility index (Phi) is 6.76. The summed E-state index contributed by atoms with van der Waals surface area (Å²) in [6, 6.07) is 1.26. The molecule has 0 aromatic carbocycles. The third-order valence-electron chi connectivity index (χ3n) is 7.57. The third kappa shape index (κ3) is 3.28. The van der Waals surface area contributed by atoms with Gasteiger partial charge in [0.25, 0.3) is 0 Å². The summed E-state index contributed by atoms with van der Waals surface area (Å²) in [5.41, 5.74) is 0.398. The molecule has 26 heavy (non-hydrogen) atoms. The van der Waals surface area contributed by atoms with Crippen molar-refractivity contribution in [2.75, 3.05) is 39.8 Å². The number of likely N-dealkylation sites (N-methyl/N-ethyl adjacent to an activating group) is 1. The zero-order valence-electron chi connectivity index (χ0n) is 16.7. The van der Waals surface area contributed by atoms with Crippen LogP contribution in [0.5, 0.6) is 0 Å². The van der Waals surface area contributed by atoms with Crippen LogP contribution in [0.25, 0.3) is 0 Å². The Morgan fingerprint density at radius 3 is 2.62 bits per heavy atom. The van der Waals surface area contributed by atoms with E-state index in [1.807, 2.05) is 7.05 Å². The number of nitrogens with one attached hydrogen (secondary N) is 1. The van der Waals surface area contributed by atoms with Crippen LogP contribution < -0.4 is 5.32 Å². The van der Waals surface area contributed by atoms with Gasteiger partial charge in [-0.05, 0) is 38.8 Å². The molecule has 0 aromatic heterocycles. The van der Waals surface area contributed by atoms with E-state index in [2.05, 4.69) is 34.0 Å². The first-order valence-corrected chi connectivity index (χ1v) is 10.6. The topological polar surface area (TPSA) is 40.1 Å². The van der Waals surface area contributed by atoms with Gasteiger partial charge >= 0.3 is 0 Å². The van der Waals surface area contributed by atoms with Gasteiger partial charge in [-0.2, -0.15) is 0 Å². The van der Waals surface area contributed by atoms with Crippen molar-refractivity contribution in [2.45, 2.75) is 70.6 Å². The van der Waals surface area contributed by atoms with E-state index in [0.29, 0.717) is 29.5 Å². The predicted octanol–water partition coefficient (Wildman–Crippen LogP) is 2.94. The van der Waals surface area contributed by atoms with Gasteiger partial charge in [0, 0.05) is 50.2 Å². The van der Waals surface area contributed by atoms with Crippen molar-refractivity contribution >= 4 is 29.9 Å². The summed E-state index contributed by atoms with van der Waals surface area (Å²) in [6.45, 7) is 10.1. The smallest absolute Gasteiger partial charge is 0.193 e. The number of rotatable bonds is 4. The monoisotopic (exact) mass is 476 g/mol. The normalized spacial score (nSPS) is 35.5. The average molecular weight is 476 g/mol. The van der Waals surface area contributed by atoms with Crippen LogP contribution in [0.3, 0.4) is 0 Å². The highest BCUT2D eigenvalue weighted by molar-refractivity contribution is 14.0. The number of nitrogens with zero attached hydrogens (tertiary/aromatic N) is 3. The first kappa shape index (κ1) is 20.6. The summed E-state index contributed by atoms with van der Waals surface area (Å²) in [7, 11) is 1.95. The molecule has 1 spiro atoms. The minimum absolute atomic E-state index is 0. The number of fused-ring (bicyclic) bond motifs is 2. The lowest BCUT2D eigenvalue weighted by molar-refractivity contribution is -0.125. The fourth-order valence-corrected chi connectivity index (χ4v) is 6.31. The van der Waals surface area contributed by atoms with E-state index in [4.69, 9.17) is 4.74 Å². The van der Waals surface area contributed by atoms with Gasteiger partial charge in [0.2, 0.25) is 0 Å². The van der Waals surface area contributed by atoms with E-state index in [9.17, 15) is 0 Å². The quantitative estimate of drug-likeness (QED) is 0.385. The highest BCUT2D eigenvalue weighted by atomic mass is 127. The number of hydrogen-bond donors (Lipinski definition) is 1. The molecule has 4 aliphatic rings. The van der Waals surface area contributed by atoms with Crippen molar-refractivity contribution in [3.63, 3.8) is 0 Å². The van der Waals surface area contributed by atoms with Crippen molar-refractivity contribution in [2.24, 2.45) is 16.3 Å². The van der Waals surface area contributed by atoms with Gasteiger partial charge in [0.05, 0.1) is 6.10 Å². The van der Waals surface area contributed by atoms with E-state index in [0.717, 1.165) is 38.7 Å². The first-order chi connectivity index (χ1) is 12.2. The fraction of sp³-hybridized carbons (Fsp3) is 0.950. The second-order valence-electron chi connectivity index (χ2n) is 8.46. The number of aliphatic imine (C=N–C) groups is 1. The molecular formula is C20H37IN4O. The molecule has 5 nitrogen and oxygen atoms in total. The van der Waals surface area contributed by atoms with Crippen LogP contribution in [0.1, 0.15) is 52.4 Å². The molecule has 4 rings (SSSR count). The van der Waals surface area contributed by atoms with Crippen LogP contribution in [0.4, 0.5) is 0 Å². The third-order valence-corrected chi connectivity index (χ3v) is 7.57. The number of hydrogen-bond acceptors (Lipinski definition) is 3. The van der Waals surface area contributed by atoms with E-state index in [1.165, 1.54) is 38.5 Å². The minimum atomic E-state index is 0. The Balaban J connectivity index is 0.00000196. The van der Waals surface area contributed by atoms with Crippen molar-refractivity contribution in [1.82, 2.24) is 15.1 Å². The Labute approximate surface area is 176 Å². The van der Waals surface area contributed by atoms with Crippen LogP contribution in [0.15, 0.2) is 4.99 Å².